The minimum Gasteiger partial charge on any atom is -0.330 e. The number of fused-ring (bicyclic) bond motifs is 10. The van der Waals surface area contributed by atoms with Gasteiger partial charge in [0.1, 0.15) is 61.2 Å². The van der Waals surface area contributed by atoms with Gasteiger partial charge in [-0.2, -0.15) is 38.7 Å². The Balaban J connectivity index is 0.000000125. The van der Waals surface area contributed by atoms with E-state index in [1.807, 2.05) is 121 Å². The van der Waals surface area contributed by atoms with Crippen LogP contribution in [0.25, 0.3) is 0 Å². The van der Waals surface area contributed by atoms with E-state index < -0.39 is 36.1 Å². The lowest BCUT2D eigenvalue weighted by atomic mass is 9.77. The average molecular weight is 2000 g/mol. The Morgan fingerprint density at radius 3 is 0.732 bits per heavy atom. The Hall–Kier alpha value is -10.3. The summed E-state index contributed by atoms with van der Waals surface area (Å²) in [6, 6.07) is 74.4. The highest BCUT2D eigenvalue weighted by Crippen LogP contribution is 2.64. The third-order valence-electron chi connectivity index (χ3n) is 27.2. The second-order valence-electron chi connectivity index (χ2n) is 35.6. The summed E-state index contributed by atoms with van der Waals surface area (Å²) in [5.41, 5.74) is 44.2. The SMILES string of the molecule is CC(=O)N1N=C(c2cccc(C(F)(F)F)c2)S[C@@]12c1ccccc1CC[C@H]2CCN.CC(=O)N1N=C(c2cccc(Cl)c2)S[C@@]12c1ccccc1CC[C@H]2CCN.CC(=O)N1N=C(c2cccc(Cl)c2)S[C@]12c1ccccc1CC[C@@H]2CCN.CC(=O)N1N=C(c2cccc(F)c2)S[C@@]12c1ccccc1CC[C@@H]2CCN.CC(=O)N1N=C(c2cccc(F)c2)S[C@]12c1ccccc1CC[C@H]2CCN. The van der Waals surface area contributed by atoms with Crippen LogP contribution in [0.15, 0.2) is 268 Å². The van der Waals surface area contributed by atoms with Crippen molar-refractivity contribution < 1.29 is 45.9 Å². The van der Waals surface area contributed by atoms with Gasteiger partial charge in [-0.3, -0.25) is 24.0 Å². The van der Waals surface area contributed by atoms with Crippen molar-refractivity contribution in [1.82, 2.24) is 25.0 Å². The van der Waals surface area contributed by atoms with E-state index in [1.165, 1.54) is 101 Å². The first-order chi connectivity index (χ1) is 66.5. The number of hydrogen-bond acceptors (Lipinski definition) is 20. The summed E-state index contributed by atoms with van der Waals surface area (Å²) in [6.45, 7) is 10.4. The van der Waals surface area contributed by atoms with Gasteiger partial charge in [-0.1, -0.05) is 264 Å². The number of alkyl halides is 3. The first kappa shape index (κ1) is 101. The maximum Gasteiger partial charge on any atom is 0.416 e. The van der Waals surface area contributed by atoms with Crippen LogP contribution in [0.4, 0.5) is 22.0 Å². The van der Waals surface area contributed by atoms with Crippen molar-refractivity contribution in [3.05, 3.63) is 353 Å². The monoisotopic (exact) mass is 2000 g/mol. The Morgan fingerprint density at radius 2 is 0.522 bits per heavy atom. The second kappa shape index (κ2) is 43.0. The van der Waals surface area contributed by atoms with Gasteiger partial charge in [0.2, 0.25) is 29.5 Å². The number of carbonyl (C=O) groups is 5. The molecule has 5 heterocycles. The first-order valence-electron chi connectivity index (χ1n) is 46.6. The number of nitrogens with two attached hydrogens (primary N) is 5. The van der Waals surface area contributed by atoms with Crippen molar-refractivity contribution in [1.29, 1.82) is 0 Å². The normalized spacial score (nSPS) is 23.9. The molecule has 10 aromatic rings. The van der Waals surface area contributed by atoms with Gasteiger partial charge in [-0.15, -0.1) is 0 Å². The van der Waals surface area contributed by atoms with Crippen molar-refractivity contribution in [3.8, 4) is 0 Å². The molecule has 5 amide bonds. The molecule has 20 rings (SSSR count). The van der Waals surface area contributed by atoms with Crippen LogP contribution in [0, 0.1) is 41.2 Å². The molecule has 718 valence electrons. The van der Waals surface area contributed by atoms with Gasteiger partial charge in [0.15, 0.2) is 0 Å². The molecule has 0 saturated heterocycles. The van der Waals surface area contributed by atoms with Crippen LogP contribution in [0.3, 0.4) is 0 Å². The fraction of sp³-hybridized carbons (Fsp3) is 0.340. The molecular weight excluding hydrogens is 1890 g/mol. The van der Waals surface area contributed by atoms with Gasteiger partial charge in [-0.05, 0) is 275 Å². The summed E-state index contributed by atoms with van der Waals surface area (Å²) >= 11 is 20.2. The lowest BCUT2D eigenvalue weighted by Gasteiger charge is -2.45. The number of hydrogen-bond donors (Lipinski definition) is 5. The smallest absolute Gasteiger partial charge is 0.330 e. The van der Waals surface area contributed by atoms with E-state index in [-0.39, 0.29) is 70.8 Å². The molecule has 0 aromatic heterocycles. The topological polar surface area (TPSA) is 293 Å². The average Bonchev–Trinajstić information content (AvgIpc) is 1.64. The molecule has 5 spiro atoms. The summed E-state index contributed by atoms with van der Waals surface area (Å²) < 4.78 is 67.3. The molecule has 0 radical (unpaired) electrons. The van der Waals surface area contributed by atoms with Crippen LogP contribution in [-0.4, -0.2) is 113 Å². The summed E-state index contributed by atoms with van der Waals surface area (Å²) in [4.78, 5) is 60.1. The first-order valence-corrected chi connectivity index (χ1v) is 51.4. The molecule has 10 aliphatic rings. The van der Waals surface area contributed by atoms with E-state index in [1.54, 1.807) is 99.1 Å². The Bertz CT molecular complexity index is 5840. The summed E-state index contributed by atoms with van der Waals surface area (Å²) in [5.74, 6) is -0.332. The standard InChI is InChI=1S/C22H22F3N3OS.2C21H22ClN3OS.2C21H22FN3OS/c1-14(29)28-21(17(11-12-26)10-9-15-5-2-3-8-19(15)21)30-20(27-28)16-6-4-7-18(13-16)22(23,24)25;4*1-14(26)25-21(27-20(24-25)16-6-4-7-18(22)13-16)17(11-12-23)10-9-15-5-2-3-8-19(15)21/h2-8,13,17H,9-12,26H2,1H3;4*2-8,13,17H,9-12,23H2,1H3/t3*17-,21-;2*17-,21+/m01010/s1. The van der Waals surface area contributed by atoms with Gasteiger partial charge in [0, 0.05) is 72.5 Å². The van der Waals surface area contributed by atoms with Gasteiger partial charge in [0.25, 0.3) is 0 Å². The Labute approximate surface area is 832 Å². The molecule has 0 saturated carbocycles. The van der Waals surface area contributed by atoms with Crippen LogP contribution < -0.4 is 28.7 Å². The zero-order valence-electron chi connectivity index (χ0n) is 77.2. The lowest BCUT2D eigenvalue weighted by Crippen LogP contribution is -2.49. The van der Waals surface area contributed by atoms with Crippen molar-refractivity contribution in [2.75, 3.05) is 32.7 Å². The van der Waals surface area contributed by atoms with E-state index >= 15 is 0 Å². The number of nitrogens with zero attached hydrogens (tertiary/aromatic N) is 10. The van der Waals surface area contributed by atoms with Gasteiger partial charge >= 0.3 is 6.18 Å². The third-order valence-corrected chi connectivity index (χ3v) is 35.4. The van der Waals surface area contributed by atoms with E-state index in [0.717, 1.165) is 145 Å². The van der Waals surface area contributed by atoms with Crippen LogP contribution in [0.5, 0.6) is 0 Å². The number of aryl methyl sites for hydroxylation is 5. The van der Waals surface area contributed by atoms with E-state index in [9.17, 15) is 45.9 Å². The highest BCUT2D eigenvalue weighted by Gasteiger charge is 2.61. The molecule has 5 aliphatic carbocycles. The molecule has 0 fully saturated rings. The number of hydrazone groups is 5. The Morgan fingerprint density at radius 1 is 0.312 bits per heavy atom. The molecule has 32 heteroatoms. The summed E-state index contributed by atoms with van der Waals surface area (Å²) in [7, 11) is 0. The van der Waals surface area contributed by atoms with E-state index in [4.69, 9.17) is 62.1 Å². The molecule has 138 heavy (non-hydrogen) atoms. The van der Waals surface area contributed by atoms with Gasteiger partial charge < -0.3 is 28.7 Å². The number of thioether (sulfide) groups is 5. The zero-order chi connectivity index (χ0) is 97.6. The fourth-order valence-electron chi connectivity index (χ4n) is 21.3. The summed E-state index contributed by atoms with van der Waals surface area (Å²) in [5, 5.41) is 36.2. The predicted octanol–water partition coefficient (Wildman–Crippen LogP) is 21.1. The van der Waals surface area contributed by atoms with E-state index in [2.05, 4.69) is 76.0 Å². The highest BCUT2D eigenvalue weighted by atomic mass is 35.5. The largest absolute Gasteiger partial charge is 0.416 e. The lowest BCUT2D eigenvalue weighted by molar-refractivity contribution is -0.138. The van der Waals surface area contributed by atoms with Crippen molar-refractivity contribution in [2.24, 2.45) is 83.8 Å². The van der Waals surface area contributed by atoms with Gasteiger partial charge in [-0.25, -0.2) is 33.8 Å². The van der Waals surface area contributed by atoms with Crippen LogP contribution in [0.1, 0.15) is 188 Å². The number of benzene rings is 10. The second-order valence-corrected chi connectivity index (χ2v) is 42.6. The number of rotatable bonds is 15. The number of halogens is 7. The minimum absolute atomic E-state index is 0.0401. The van der Waals surface area contributed by atoms with Crippen molar-refractivity contribution in [3.63, 3.8) is 0 Å². The zero-order valence-corrected chi connectivity index (χ0v) is 82.8. The molecule has 10 N–H and O–H groups in total. The van der Waals surface area contributed by atoms with Crippen LogP contribution in [-0.2, 0) is 86.6 Å². The molecular formula is C106H110Cl2F5N15O5S5. The molecule has 0 bridgehead atoms. The molecule has 10 aromatic carbocycles. The highest BCUT2D eigenvalue weighted by molar-refractivity contribution is 8.16. The van der Waals surface area contributed by atoms with Crippen LogP contribution in [0.2, 0.25) is 10.0 Å². The minimum atomic E-state index is -4.45. The molecule has 0 unspecified atom stereocenters. The van der Waals surface area contributed by atoms with Crippen molar-refractivity contribution in [2.45, 2.75) is 161 Å². The van der Waals surface area contributed by atoms with E-state index in [0.29, 0.717) is 81.0 Å². The third kappa shape index (κ3) is 19.6. The fourth-order valence-corrected chi connectivity index (χ4v) is 29.8. The molecule has 20 nitrogen and oxygen atoms in total. The quantitative estimate of drug-likeness (QED) is 0.0596. The van der Waals surface area contributed by atoms with Crippen molar-refractivity contribution >= 4 is 137 Å². The van der Waals surface area contributed by atoms with Gasteiger partial charge in [0.05, 0.1) is 5.56 Å². The number of carbonyl (C=O) groups excluding carboxylic acids is 5. The maximum absolute atomic E-state index is 13.8. The molecule has 10 atom stereocenters. The van der Waals surface area contributed by atoms with Crippen LogP contribution >= 0.6 is 82.0 Å². The maximum atomic E-state index is 13.8. The summed E-state index contributed by atoms with van der Waals surface area (Å²) in [6.07, 6.45) is 9.04. The number of amides is 5. The Kier molecular flexibility index (Phi) is 31.4. The predicted molar refractivity (Wildman–Crippen MR) is 548 cm³/mol. The molecule has 5 aliphatic heterocycles.